The number of allylic oxidation sites excluding steroid dienone is 3. The normalized spacial score (nSPS) is 11.5. The monoisotopic (exact) mass is 414 g/mol. The first-order valence-corrected chi connectivity index (χ1v) is 10.0. The Morgan fingerprint density at radius 3 is 2.47 bits per heavy atom. The highest BCUT2D eigenvalue weighted by atomic mass is 16.6. The van der Waals surface area contributed by atoms with Crippen molar-refractivity contribution in [3.8, 4) is 17.2 Å². The van der Waals surface area contributed by atoms with Crippen molar-refractivity contribution in [2.75, 3.05) is 6.61 Å². The van der Waals surface area contributed by atoms with Crippen LogP contribution in [-0.4, -0.2) is 18.7 Å². The molecule has 2 aromatic rings. The maximum atomic E-state index is 12.4. The average molecular weight is 414 g/mol. The molecule has 0 aliphatic rings. The number of esters is 1. The lowest BCUT2D eigenvalue weighted by Crippen LogP contribution is -2.15. The smallest absolute Gasteiger partial charge is 0.383 e. The molecule has 0 saturated heterocycles. The van der Waals surface area contributed by atoms with E-state index in [1.165, 1.54) is 18.1 Å². The predicted molar refractivity (Wildman–Crippen MR) is 117 cm³/mol. The van der Waals surface area contributed by atoms with Crippen molar-refractivity contribution >= 4 is 16.9 Å². The van der Waals surface area contributed by atoms with E-state index in [0.29, 0.717) is 23.3 Å². The van der Waals surface area contributed by atoms with Crippen LogP contribution < -0.4 is 19.8 Å². The van der Waals surface area contributed by atoms with Gasteiger partial charge < -0.3 is 18.6 Å². The predicted octanol–water partition coefficient (Wildman–Crippen LogP) is 5.58. The molecule has 30 heavy (non-hydrogen) atoms. The van der Waals surface area contributed by atoms with Gasteiger partial charge >= 0.3 is 11.6 Å². The minimum atomic E-state index is -0.777. The number of benzene rings is 1. The fourth-order valence-corrected chi connectivity index (χ4v) is 2.78. The highest BCUT2D eigenvalue weighted by molar-refractivity contribution is 5.87. The molecule has 0 bridgehead atoms. The summed E-state index contributed by atoms with van der Waals surface area (Å²) >= 11 is 0. The molecule has 0 aliphatic carbocycles. The molecular weight excluding hydrogens is 384 g/mol. The van der Waals surface area contributed by atoms with E-state index in [4.69, 9.17) is 18.6 Å². The Bertz CT molecular complexity index is 1010. The lowest BCUT2D eigenvalue weighted by molar-refractivity contribution is -0.132. The molecule has 1 aromatic heterocycles. The van der Waals surface area contributed by atoms with Crippen molar-refractivity contribution in [2.45, 2.75) is 60.5 Å². The first-order valence-electron chi connectivity index (χ1n) is 10.0. The first-order chi connectivity index (χ1) is 14.2. The summed E-state index contributed by atoms with van der Waals surface area (Å²) in [6.07, 6.45) is 6.02. The van der Waals surface area contributed by atoms with Crippen LogP contribution in [0.4, 0.5) is 0 Å². The summed E-state index contributed by atoms with van der Waals surface area (Å²) in [5, 5.41) is 0.528. The molecule has 1 aromatic carbocycles. The third-order valence-electron chi connectivity index (χ3n) is 4.16. The van der Waals surface area contributed by atoms with E-state index in [0.717, 1.165) is 12.8 Å². The molecule has 0 spiro atoms. The van der Waals surface area contributed by atoms with Gasteiger partial charge in [-0.3, -0.25) is 4.79 Å². The van der Waals surface area contributed by atoms with E-state index in [1.54, 1.807) is 18.2 Å². The fourth-order valence-electron chi connectivity index (χ4n) is 2.78. The second kappa shape index (κ2) is 10.7. The number of ether oxygens (including phenoxy) is 3. The van der Waals surface area contributed by atoms with Gasteiger partial charge in [-0.25, -0.2) is 4.79 Å². The second-order valence-corrected chi connectivity index (χ2v) is 7.65. The quantitative estimate of drug-likeness (QED) is 0.303. The Labute approximate surface area is 177 Å². The van der Waals surface area contributed by atoms with Crippen molar-refractivity contribution in [1.82, 2.24) is 0 Å². The molecule has 6 nitrogen and oxygen atoms in total. The minimum absolute atomic E-state index is 0.188. The number of carbonyl (C=O) groups is 1. The van der Waals surface area contributed by atoms with E-state index >= 15 is 0 Å². The van der Waals surface area contributed by atoms with Crippen molar-refractivity contribution in [1.29, 1.82) is 0 Å². The van der Waals surface area contributed by atoms with Crippen LogP contribution >= 0.6 is 0 Å². The van der Waals surface area contributed by atoms with Crippen LogP contribution in [0.5, 0.6) is 17.2 Å². The average Bonchev–Trinajstić information content (AvgIpc) is 2.63. The van der Waals surface area contributed by atoms with Crippen LogP contribution in [0.3, 0.4) is 0 Å². The molecule has 0 atom stereocenters. The Morgan fingerprint density at radius 1 is 1.10 bits per heavy atom. The van der Waals surface area contributed by atoms with Crippen molar-refractivity contribution in [3.05, 3.63) is 51.9 Å². The third kappa shape index (κ3) is 6.79. The molecule has 162 valence electrons. The van der Waals surface area contributed by atoms with Crippen LogP contribution in [0.2, 0.25) is 0 Å². The van der Waals surface area contributed by atoms with E-state index < -0.39 is 11.6 Å². The van der Waals surface area contributed by atoms with Crippen molar-refractivity contribution in [2.24, 2.45) is 0 Å². The van der Waals surface area contributed by atoms with Gasteiger partial charge in [-0.15, -0.1) is 0 Å². The zero-order chi connectivity index (χ0) is 22.3. The molecule has 2 rings (SSSR count). The highest BCUT2D eigenvalue weighted by Gasteiger charge is 2.20. The Hall–Kier alpha value is -3.02. The summed E-state index contributed by atoms with van der Waals surface area (Å²) in [5.41, 5.74) is 2.08. The summed E-state index contributed by atoms with van der Waals surface area (Å²) in [6.45, 7) is 11.5. The van der Waals surface area contributed by atoms with Crippen LogP contribution in [0.25, 0.3) is 11.0 Å². The van der Waals surface area contributed by atoms with Gasteiger partial charge in [0.2, 0.25) is 0 Å². The van der Waals surface area contributed by atoms with Gasteiger partial charge in [-0.1, -0.05) is 17.2 Å². The molecule has 0 fully saturated rings. The third-order valence-corrected chi connectivity index (χ3v) is 4.16. The number of hydrogen-bond donors (Lipinski definition) is 0. The largest absolute Gasteiger partial charge is 0.489 e. The molecule has 1 heterocycles. The molecule has 0 saturated carbocycles. The maximum absolute atomic E-state index is 12.4. The maximum Gasteiger partial charge on any atom is 0.383 e. The molecular formula is C24H30O6. The van der Waals surface area contributed by atoms with Crippen LogP contribution in [-0.2, 0) is 4.79 Å². The zero-order valence-electron chi connectivity index (χ0n) is 18.5. The molecule has 0 radical (unpaired) electrons. The fraction of sp³-hybridized carbons (Fsp3) is 0.417. The number of fused-ring (bicyclic) bond motifs is 1. The summed E-state index contributed by atoms with van der Waals surface area (Å²) in [7, 11) is 0. The molecule has 6 heteroatoms. The highest BCUT2D eigenvalue weighted by Crippen LogP contribution is 2.35. The van der Waals surface area contributed by atoms with E-state index in [2.05, 4.69) is 26.8 Å². The van der Waals surface area contributed by atoms with Gasteiger partial charge in [0.15, 0.2) is 5.75 Å². The first kappa shape index (κ1) is 23.3. The van der Waals surface area contributed by atoms with Gasteiger partial charge in [-0.2, -0.15) is 0 Å². The number of carbonyl (C=O) groups excluding carboxylic acids is 1. The zero-order valence-corrected chi connectivity index (χ0v) is 18.5. The minimum Gasteiger partial charge on any atom is -0.489 e. The van der Waals surface area contributed by atoms with Gasteiger partial charge in [0, 0.05) is 13.0 Å². The molecule has 0 unspecified atom stereocenters. The van der Waals surface area contributed by atoms with Crippen LogP contribution in [0.15, 0.2) is 50.7 Å². The Kier molecular flexibility index (Phi) is 8.27. The van der Waals surface area contributed by atoms with Crippen LogP contribution in [0, 0.1) is 0 Å². The standard InChI is InChI=1S/C24H30O6/c1-15(2)8-7-9-17(5)12-13-27-19-10-11-20-21(14-19)30-24(26)23(29-18(6)25)22(20)28-16(3)4/h8,10-12,14,16H,7,9,13H2,1-6H3. The lowest BCUT2D eigenvalue weighted by atomic mass is 10.1. The molecule has 0 aliphatic heterocycles. The van der Waals surface area contributed by atoms with Crippen molar-refractivity contribution < 1.29 is 23.4 Å². The van der Waals surface area contributed by atoms with Crippen LogP contribution in [0.1, 0.15) is 54.4 Å². The van der Waals surface area contributed by atoms with E-state index in [1.807, 2.05) is 19.9 Å². The van der Waals surface area contributed by atoms with Gasteiger partial charge in [0.1, 0.15) is 17.9 Å². The Morgan fingerprint density at radius 2 is 1.83 bits per heavy atom. The van der Waals surface area contributed by atoms with E-state index in [-0.39, 0.29) is 17.6 Å². The summed E-state index contributed by atoms with van der Waals surface area (Å²) in [6, 6.07) is 5.12. The summed E-state index contributed by atoms with van der Waals surface area (Å²) in [5.74, 6) is -0.114. The van der Waals surface area contributed by atoms with E-state index in [9.17, 15) is 9.59 Å². The van der Waals surface area contributed by atoms with Gasteiger partial charge in [0.05, 0.1) is 11.5 Å². The lowest BCUT2D eigenvalue weighted by Gasteiger charge is -2.15. The molecule has 0 N–H and O–H groups in total. The number of hydrogen-bond acceptors (Lipinski definition) is 6. The number of rotatable bonds is 9. The second-order valence-electron chi connectivity index (χ2n) is 7.65. The summed E-state index contributed by atoms with van der Waals surface area (Å²) in [4.78, 5) is 23.7. The topological polar surface area (TPSA) is 75.0 Å². The SMILES string of the molecule is CC(=O)Oc1c(OC(C)C)c2ccc(OCC=C(C)CCC=C(C)C)cc2oc1=O. The molecule has 0 amide bonds. The summed E-state index contributed by atoms with van der Waals surface area (Å²) < 4.78 is 21.9. The van der Waals surface area contributed by atoms with Gasteiger partial charge in [0.25, 0.3) is 5.75 Å². The van der Waals surface area contributed by atoms with Crippen molar-refractivity contribution in [3.63, 3.8) is 0 Å². The Balaban J connectivity index is 2.24. The van der Waals surface area contributed by atoms with Gasteiger partial charge in [-0.05, 0) is 65.7 Å².